The van der Waals surface area contributed by atoms with Crippen LogP contribution in [0.3, 0.4) is 0 Å². The van der Waals surface area contributed by atoms with Crippen LogP contribution >= 0.6 is 0 Å². The largest absolute Gasteiger partial charge is 0.454 e. The molecule has 266 valence electrons. The van der Waals surface area contributed by atoms with E-state index in [1.54, 1.807) is 0 Å². The van der Waals surface area contributed by atoms with Gasteiger partial charge in [-0.3, -0.25) is 0 Å². The quantitative estimate of drug-likeness (QED) is 0.160. The Balaban J connectivity index is 1.26. The number of anilines is 9. The van der Waals surface area contributed by atoms with Crippen molar-refractivity contribution in [3.8, 4) is 0 Å². The van der Waals surface area contributed by atoms with Crippen LogP contribution in [0.4, 0.5) is 51.2 Å². The maximum absolute atomic E-state index is 7.01. The summed E-state index contributed by atoms with van der Waals surface area (Å²) < 4.78 is 7.01. The summed E-state index contributed by atoms with van der Waals surface area (Å²) in [6, 6.07) is 68.1. The molecule has 2 aliphatic heterocycles. The summed E-state index contributed by atoms with van der Waals surface area (Å²) in [6.45, 7) is 4.51. The van der Waals surface area contributed by atoms with Crippen molar-refractivity contribution < 1.29 is 4.42 Å². The average molecular weight is 720 g/mol. The average Bonchev–Trinajstić information content (AvgIpc) is 3.64. The Morgan fingerprint density at radius 2 is 0.964 bits per heavy atom. The fourth-order valence-electron chi connectivity index (χ4n) is 9.18. The van der Waals surface area contributed by atoms with Crippen LogP contribution in [0.25, 0.3) is 21.9 Å². The highest BCUT2D eigenvalue weighted by Gasteiger charge is 2.43. The fraction of sp³-hybridized carbons (Fsp3) is 0.0588. The zero-order valence-electron chi connectivity index (χ0n) is 31.3. The summed E-state index contributed by atoms with van der Waals surface area (Å²) >= 11 is 0. The van der Waals surface area contributed by atoms with E-state index in [0.29, 0.717) is 5.92 Å². The third-order valence-electron chi connectivity index (χ3n) is 11.6. The summed E-state index contributed by atoms with van der Waals surface area (Å²) in [7, 11) is 0. The molecule has 0 atom stereocenters. The van der Waals surface area contributed by atoms with Gasteiger partial charge in [0.25, 0.3) is 6.71 Å². The molecule has 0 unspecified atom stereocenters. The van der Waals surface area contributed by atoms with E-state index < -0.39 is 0 Å². The predicted molar refractivity (Wildman–Crippen MR) is 237 cm³/mol. The van der Waals surface area contributed by atoms with E-state index in [-0.39, 0.29) is 6.71 Å². The van der Waals surface area contributed by atoms with E-state index in [1.165, 1.54) is 33.3 Å². The molecule has 0 saturated heterocycles. The van der Waals surface area contributed by atoms with E-state index in [4.69, 9.17) is 4.42 Å². The zero-order valence-corrected chi connectivity index (χ0v) is 31.3. The molecular weight excluding hydrogens is 681 g/mol. The highest BCUT2D eigenvalue weighted by atomic mass is 16.3. The second-order valence-corrected chi connectivity index (χ2v) is 15.1. The lowest BCUT2D eigenvalue weighted by atomic mass is 9.33. The number of furan rings is 1. The lowest BCUT2D eigenvalue weighted by molar-refractivity contribution is 0.657. The molecule has 3 heterocycles. The van der Waals surface area contributed by atoms with Gasteiger partial charge in [0.05, 0.1) is 11.4 Å². The van der Waals surface area contributed by atoms with Crippen molar-refractivity contribution in [3.63, 3.8) is 0 Å². The number of nitrogens with zero attached hydrogens (tertiary/aromatic N) is 3. The van der Waals surface area contributed by atoms with Crippen LogP contribution < -0.4 is 31.1 Å². The molecule has 0 saturated carbocycles. The van der Waals surface area contributed by atoms with Crippen LogP contribution in [0.2, 0.25) is 0 Å². The molecule has 0 fully saturated rings. The molecule has 0 bridgehead atoms. The summed E-state index contributed by atoms with van der Waals surface area (Å²) in [5.41, 5.74) is 17.0. The van der Waals surface area contributed by atoms with Crippen molar-refractivity contribution in [2.45, 2.75) is 19.8 Å². The van der Waals surface area contributed by atoms with Gasteiger partial charge in [0.1, 0.15) is 5.58 Å². The second-order valence-electron chi connectivity index (χ2n) is 15.1. The maximum atomic E-state index is 7.01. The molecule has 2 aliphatic rings. The molecule has 8 aromatic carbocycles. The molecule has 0 radical (unpaired) electrons. The highest BCUT2D eigenvalue weighted by molar-refractivity contribution is 7.00. The Morgan fingerprint density at radius 3 is 1.54 bits per heavy atom. The Bertz CT molecular complexity index is 2810. The van der Waals surface area contributed by atoms with Crippen LogP contribution in [0.5, 0.6) is 0 Å². The van der Waals surface area contributed by atoms with E-state index in [1.807, 2.05) is 0 Å². The van der Waals surface area contributed by atoms with Crippen molar-refractivity contribution in [1.29, 1.82) is 0 Å². The normalized spacial score (nSPS) is 12.9. The molecule has 0 amide bonds. The van der Waals surface area contributed by atoms with Gasteiger partial charge in [-0.2, -0.15) is 0 Å². The molecule has 56 heavy (non-hydrogen) atoms. The van der Waals surface area contributed by atoms with Gasteiger partial charge in [0.15, 0.2) is 5.58 Å². The number of hydrogen-bond acceptors (Lipinski definition) is 4. The van der Waals surface area contributed by atoms with Crippen LogP contribution in [0.1, 0.15) is 25.3 Å². The molecule has 0 N–H and O–H groups in total. The second kappa shape index (κ2) is 12.8. The van der Waals surface area contributed by atoms with Crippen molar-refractivity contribution >= 4 is 96.2 Å². The number of benzene rings is 8. The van der Waals surface area contributed by atoms with Gasteiger partial charge >= 0.3 is 0 Å². The molecule has 5 heteroatoms. The minimum absolute atomic E-state index is 0.0415. The minimum Gasteiger partial charge on any atom is -0.454 e. The molecule has 1 aromatic heterocycles. The van der Waals surface area contributed by atoms with Crippen molar-refractivity contribution in [2.24, 2.45) is 0 Å². The molecule has 4 nitrogen and oxygen atoms in total. The number of para-hydroxylation sites is 7. The van der Waals surface area contributed by atoms with Crippen LogP contribution in [-0.2, 0) is 0 Å². The number of rotatable bonds is 6. The van der Waals surface area contributed by atoms with Gasteiger partial charge in [0.2, 0.25) is 0 Å². The maximum Gasteiger partial charge on any atom is 0.252 e. The third-order valence-corrected chi connectivity index (χ3v) is 11.6. The summed E-state index contributed by atoms with van der Waals surface area (Å²) in [6.07, 6.45) is 0. The SMILES string of the molecule is CC(C)c1cccc2c1oc1c(N(c3ccccc3)c3cc4c5c(c3)N(c3ccccc3)c3ccccc3B5c3ccccc3N4c3ccccc3)cccc12. The van der Waals surface area contributed by atoms with Gasteiger partial charge in [-0.05, 0) is 94.6 Å². The van der Waals surface area contributed by atoms with Gasteiger partial charge in [-0.1, -0.05) is 135 Å². The first-order valence-corrected chi connectivity index (χ1v) is 19.5. The van der Waals surface area contributed by atoms with E-state index in [9.17, 15) is 0 Å². The molecule has 0 aliphatic carbocycles. The van der Waals surface area contributed by atoms with E-state index >= 15 is 0 Å². The van der Waals surface area contributed by atoms with E-state index in [2.05, 4.69) is 217 Å². The Morgan fingerprint density at radius 1 is 0.464 bits per heavy atom. The Hall–Kier alpha value is -6.98. The van der Waals surface area contributed by atoms with Gasteiger partial charge < -0.3 is 19.1 Å². The topological polar surface area (TPSA) is 22.9 Å². The molecule has 11 rings (SSSR count). The third kappa shape index (κ3) is 4.87. The molecule has 0 spiro atoms. The first-order chi connectivity index (χ1) is 27.7. The summed E-state index contributed by atoms with van der Waals surface area (Å²) in [5.74, 6) is 0.327. The monoisotopic (exact) mass is 719 g/mol. The van der Waals surface area contributed by atoms with Crippen LogP contribution in [-0.4, -0.2) is 6.71 Å². The molecular formula is C51H38BN3O. The first kappa shape index (κ1) is 32.5. The Kier molecular flexibility index (Phi) is 7.43. The number of hydrogen-bond donors (Lipinski definition) is 0. The van der Waals surface area contributed by atoms with Gasteiger partial charge in [-0.15, -0.1) is 0 Å². The van der Waals surface area contributed by atoms with Crippen molar-refractivity contribution in [2.75, 3.05) is 14.7 Å². The van der Waals surface area contributed by atoms with Crippen LogP contribution in [0, 0.1) is 0 Å². The lowest BCUT2D eigenvalue weighted by Gasteiger charge is -2.44. The predicted octanol–water partition coefficient (Wildman–Crippen LogP) is 12.3. The first-order valence-electron chi connectivity index (χ1n) is 19.5. The lowest BCUT2D eigenvalue weighted by Crippen LogP contribution is -2.61. The summed E-state index contributed by atoms with van der Waals surface area (Å²) in [4.78, 5) is 7.31. The zero-order chi connectivity index (χ0) is 37.3. The Labute approximate surface area is 327 Å². The van der Waals surface area contributed by atoms with Crippen LogP contribution in [0.15, 0.2) is 192 Å². The van der Waals surface area contributed by atoms with Gasteiger partial charge in [0, 0.05) is 50.6 Å². The van der Waals surface area contributed by atoms with Crippen molar-refractivity contribution in [3.05, 3.63) is 194 Å². The minimum atomic E-state index is 0.0415. The van der Waals surface area contributed by atoms with E-state index in [0.717, 1.165) is 61.8 Å². The summed E-state index contributed by atoms with van der Waals surface area (Å²) in [5, 5.41) is 2.25. The number of fused-ring (bicyclic) bond motifs is 7. The fourth-order valence-corrected chi connectivity index (χ4v) is 9.18. The van der Waals surface area contributed by atoms with Crippen molar-refractivity contribution in [1.82, 2.24) is 0 Å². The van der Waals surface area contributed by atoms with Gasteiger partial charge in [-0.25, -0.2) is 0 Å². The smallest absolute Gasteiger partial charge is 0.252 e. The molecule has 9 aromatic rings. The standard InChI is InChI=1S/C51H38BN3O/c1-34(2)39-24-16-25-40-41-26-17-31-46(51(41)56-50(39)40)53(35-18-6-3-7-19-35)38-32-47-49-48(33-38)55(37-22-10-5-11-23-37)45-30-15-13-28-43(45)52(49)42-27-12-14-29-44(42)54(47)36-20-8-4-9-21-36/h3-34H,1-2H3. The highest BCUT2D eigenvalue weighted by Crippen LogP contribution is 2.49.